The van der Waals surface area contributed by atoms with E-state index in [2.05, 4.69) is 4.98 Å². The molecule has 4 heteroatoms. The lowest BCUT2D eigenvalue weighted by atomic mass is 9.83. The number of rotatable bonds is 2. The van der Waals surface area contributed by atoms with Crippen LogP contribution in [0.25, 0.3) is 0 Å². The molecular formula is C13H18ClNO2. The molecule has 3 nitrogen and oxygen atoms in total. The number of ether oxygens (including phenoxy) is 1. The molecule has 0 aliphatic carbocycles. The van der Waals surface area contributed by atoms with Crippen molar-refractivity contribution in [3.05, 3.63) is 29.0 Å². The highest BCUT2D eigenvalue weighted by atomic mass is 35.5. The molecule has 1 N–H and O–H groups in total. The molecule has 0 saturated carbocycles. The van der Waals surface area contributed by atoms with Crippen molar-refractivity contribution >= 4 is 11.6 Å². The molecule has 1 saturated heterocycles. The zero-order chi connectivity index (χ0) is 12.5. The number of aromatic nitrogens is 1. The van der Waals surface area contributed by atoms with Crippen LogP contribution in [-0.2, 0) is 11.2 Å². The van der Waals surface area contributed by atoms with Crippen molar-refractivity contribution in [3.8, 4) is 0 Å². The normalized spacial score (nSPS) is 33.6. The predicted octanol–water partition coefficient (Wildman–Crippen LogP) is 2.60. The molecule has 2 rings (SSSR count). The largest absolute Gasteiger partial charge is 0.389 e. The summed E-state index contributed by atoms with van der Waals surface area (Å²) in [7, 11) is 0. The van der Waals surface area contributed by atoms with Gasteiger partial charge in [-0.15, -0.1) is 0 Å². The molecular weight excluding hydrogens is 238 g/mol. The van der Waals surface area contributed by atoms with Gasteiger partial charge in [0.25, 0.3) is 0 Å². The second kappa shape index (κ2) is 4.92. The summed E-state index contributed by atoms with van der Waals surface area (Å²) in [6, 6.07) is 1.87. The van der Waals surface area contributed by atoms with E-state index in [4.69, 9.17) is 16.3 Å². The Morgan fingerprint density at radius 2 is 2.12 bits per heavy atom. The lowest BCUT2D eigenvalue weighted by Crippen LogP contribution is -2.44. The number of hydrogen-bond donors (Lipinski definition) is 1. The first-order valence-corrected chi connectivity index (χ1v) is 6.32. The third-order valence-corrected chi connectivity index (χ3v) is 3.52. The number of aliphatic hydroxyl groups is 1. The Balaban J connectivity index is 2.14. The fraction of sp³-hybridized carbons (Fsp3) is 0.615. The van der Waals surface area contributed by atoms with E-state index in [9.17, 15) is 5.11 Å². The molecule has 1 fully saturated rings. The quantitative estimate of drug-likeness (QED) is 0.883. The van der Waals surface area contributed by atoms with Gasteiger partial charge in [0, 0.05) is 31.7 Å². The zero-order valence-corrected chi connectivity index (χ0v) is 10.9. The van der Waals surface area contributed by atoms with Crippen LogP contribution in [-0.4, -0.2) is 27.9 Å². The third-order valence-electron chi connectivity index (χ3n) is 3.18. The molecule has 1 aliphatic heterocycles. The summed E-state index contributed by atoms with van der Waals surface area (Å²) in [4.78, 5) is 3.95. The SMILES string of the molecule is CC1CC(O)(Cc2ccncc2Cl)CC(C)O1. The third kappa shape index (κ3) is 3.18. The molecule has 0 spiro atoms. The van der Waals surface area contributed by atoms with Crippen LogP contribution in [0.1, 0.15) is 32.3 Å². The second-order valence-corrected chi connectivity index (χ2v) is 5.44. The fourth-order valence-corrected chi connectivity index (χ4v) is 2.88. The Hall–Kier alpha value is -0.640. The van der Waals surface area contributed by atoms with Gasteiger partial charge in [-0.25, -0.2) is 0 Å². The van der Waals surface area contributed by atoms with E-state index in [1.54, 1.807) is 12.4 Å². The molecule has 2 heterocycles. The summed E-state index contributed by atoms with van der Waals surface area (Å²) in [5.41, 5.74) is 0.229. The highest BCUT2D eigenvalue weighted by Crippen LogP contribution is 2.33. The average Bonchev–Trinajstić information content (AvgIpc) is 2.19. The van der Waals surface area contributed by atoms with E-state index in [0.717, 1.165) is 5.56 Å². The molecule has 2 unspecified atom stereocenters. The van der Waals surface area contributed by atoms with Gasteiger partial charge in [0.1, 0.15) is 0 Å². The summed E-state index contributed by atoms with van der Waals surface area (Å²) < 4.78 is 5.64. The van der Waals surface area contributed by atoms with Crippen LogP contribution in [0.15, 0.2) is 18.5 Å². The number of pyridine rings is 1. The van der Waals surface area contributed by atoms with Gasteiger partial charge in [0.15, 0.2) is 0 Å². The molecule has 1 aromatic heterocycles. The van der Waals surface area contributed by atoms with Crippen LogP contribution in [0.3, 0.4) is 0 Å². The van der Waals surface area contributed by atoms with Crippen LogP contribution < -0.4 is 0 Å². The van der Waals surface area contributed by atoms with Gasteiger partial charge in [-0.2, -0.15) is 0 Å². The Morgan fingerprint density at radius 1 is 1.47 bits per heavy atom. The highest BCUT2D eigenvalue weighted by molar-refractivity contribution is 6.31. The van der Waals surface area contributed by atoms with Crippen LogP contribution >= 0.6 is 11.6 Å². The number of nitrogens with zero attached hydrogens (tertiary/aromatic N) is 1. The van der Waals surface area contributed by atoms with Gasteiger partial charge >= 0.3 is 0 Å². The van der Waals surface area contributed by atoms with Gasteiger partial charge in [-0.05, 0) is 25.5 Å². The minimum absolute atomic E-state index is 0.0874. The molecule has 0 amide bonds. The van der Waals surface area contributed by atoms with Crippen molar-refractivity contribution in [1.82, 2.24) is 4.98 Å². The van der Waals surface area contributed by atoms with Crippen molar-refractivity contribution in [3.63, 3.8) is 0 Å². The zero-order valence-electron chi connectivity index (χ0n) is 10.2. The van der Waals surface area contributed by atoms with Gasteiger partial charge in [0.2, 0.25) is 0 Å². The number of hydrogen-bond acceptors (Lipinski definition) is 3. The Kier molecular flexibility index (Phi) is 3.71. The maximum Gasteiger partial charge on any atom is 0.0737 e. The summed E-state index contributed by atoms with van der Waals surface area (Å²) in [5.74, 6) is 0. The summed E-state index contributed by atoms with van der Waals surface area (Å²) >= 11 is 6.07. The molecule has 1 aliphatic rings. The smallest absolute Gasteiger partial charge is 0.0737 e. The first kappa shape index (κ1) is 12.8. The summed E-state index contributed by atoms with van der Waals surface area (Å²) in [5, 5.41) is 11.2. The summed E-state index contributed by atoms with van der Waals surface area (Å²) in [6.07, 6.45) is 5.36. The fourth-order valence-electron chi connectivity index (χ4n) is 2.69. The van der Waals surface area contributed by atoms with E-state index >= 15 is 0 Å². The van der Waals surface area contributed by atoms with E-state index in [1.807, 2.05) is 19.9 Å². The molecule has 2 atom stereocenters. The number of halogens is 1. The average molecular weight is 256 g/mol. The first-order valence-electron chi connectivity index (χ1n) is 5.95. The standard InChI is InChI=1S/C13H18ClNO2/c1-9-5-13(16,6-10(2)17-9)7-11-3-4-15-8-12(11)14/h3-4,8-10,16H,5-7H2,1-2H3. The van der Waals surface area contributed by atoms with Gasteiger partial charge in [-0.1, -0.05) is 11.6 Å². The molecule has 17 heavy (non-hydrogen) atoms. The topological polar surface area (TPSA) is 42.4 Å². The van der Waals surface area contributed by atoms with E-state index in [-0.39, 0.29) is 12.2 Å². The van der Waals surface area contributed by atoms with E-state index in [1.165, 1.54) is 0 Å². The van der Waals surface area contributed by atoms with E-state index in [0.29, 0.717) is 24.3 Å². The van der Waals surface area contributed by atoms with Crippen LogP contribution in [0, 0.1) is 0 Å². The summed E-state index contributed by atoms with van der Waals surface area (Å²) in [6.45, 7) is 3.99. The Morgan fingerprint density at radius 3 is 2.71 bits per heavy atom. The monoisotopic (exact) mass is 255 g/mol. The van der Waals surface area contributed by atoms with Gasteiger partial charge in [0.05, 0.1) is 22.8 Å². The van der Waals surface area contributed by atoms with Crippen molar-refractivity contribution in [2.75, 3.05) is 0 Å². The van der Waals surface area contributed by atoms with Gasteiger partial charge < -0.3 is 9.84 Å². The molecule has 0 radical (unpaired) electrons. The minimum atomic E-state index is -0.720. The van der Waals surface area contributed by atoms with Crippen molar-refractivity contribution in [1.29, 1.82) is 0 Å². The Bertz CT molecular complexity index is 387. The van der Waals surface area contributed by atoms with Crippen LogP contribution in [0.2, 0.25) is 5.02 Å². The molecule has 0 bridgehead atoms. The van der Waals surface area contributed by atoms with Crippen molar-refractivity contribution < 1.29 is 9.84 Å². The van der Waals surface area contributed by atoms with Gasteiger partial charge in [-0.3, -0.25) is 4.98 Å². The molecule has 94 valence electrons. The maximum atomic E-state index is 10.6. The Labute approximate surface area is 107 Å². The molecule has 0 aromatic carbocycles. The first-order chi connectivity index (χ1) is 7.98. The second-order valence-electron chi connectivity index (χ2n) is 5.03. The van der Waals surface area contributed by atoms with Crippen molar-refractivity contribution in [2.24, 2.45) is 0 Å². The van der Waals surface area contributed by atoms with Crippen LogP contribution in [0.5, 0.6) is 0 Å². The highest BCUT2D eigenvalue weighted by Gasteiger charge is 2.37. The van der Waals surface area contributed by atoms with Crippen LogP contribution in [0.4, 0.5) is 0 Å². The lowest BCUT2D eigenvalue weighted by molar-refractivity contribution is -0.130. The minimum Gasteiger partial charge on any atom is -0.389 e. The lowest BCUT2D eigenvalue weighted by Gasteiger charge is -2.39. The maximum absolute atomic E-state index is 10.6. The molecule has 1 aromatic rings. The van der Waals surface area contributed by atoms with E-state index < -0.39 is 5.60 Å². The van der Waals surface area contributed by atoms with Crippen molar-refractivity contribution in [2.45, 2.75) is 50.9 Å². The predicted molar refractivity (Wildman–Crippen MR) is 67.1 cm³/mol.